The topological polar surface area (TPSA) is 25.2 Å². The lowest BCUT2D eigenvalue weighted by Crippen LogP contribution is -2.42. The number of hydrogen-bond acceptors (Lipinski definition) is 2. The molecule has 0 radical (unpaired) electrons. The van der Waals surface area contributed by atoms with Crippen LogP contribution in [0, 0.1) is 0 Å². The predicted octanol–water partition coefficient (Wildman–Crippen LogP) is 3.80. The number of fused-ring (bicyclic) bond motifs is 1. The van der Waals surface area contributed by atoms with Crippen LogP contribution in [0.4, 0.5) is 0 Å². The van der Waals surface area contributed by atoms with Gasteiger partial charge in [0.1, 0.15) is 0 Å². The van der Waals surface area contributed by atoms with Gasteiger partial charge in [-0.3, -0.25) is 4.79 Å². The summed E-state index contributed by atoms with van der Waals surface area (Å²) < 4.78 is 2.25. The third-order valence-electron chi connectivity index (χ3n) is 4.18. The monoisotopic (exact) mass is 308 g/mol. The smallest absolute Gasteiger partial charge is 0.255 e. The Morgan fingerprint density at radius 1 is 1.05 bits per heavy atom. The van der Waals surface area contributed by atoms with Gasteiger partial charge in [-0.05, 0) is 29.1 Å². The maximum absolute atomic E-state index is 12.9. The van der Waals surface area contributed by atoms with Crippen LogP contribution in [0.2, 0.25) is 0 Å². The first-order valence-corrected chi connectivity index (χ1v) is 8.32. The lowest BCUT2D eigenvalue weighted by molar-refractivity contribution is 0.0664. The van der Waals surface area contributed by atoms with Gasteiger partial charge in [0.2, 0.25) is 0 Å². The Labute approximate surface area is 133 Å². The molecule has 1 aliphatic rings. The Morgan fingerprint density at radius 3 is 2.68 bits per heavy atom. The predicted molar refractivity (Wildman–Crippen MR) is 88.1 cm³/mol. The third-order valence-corrected chi connectivity index (χ3v) is 4.87. The number of aromatic nitrogens is 1. The number of nitrogens with zero attached hydrogens (tertiary/aromatic N) is 2. The number of carbonyl (C=O) groups is 1. The zero-order chi connectivity index (χ0) is 14.9. The highest BCUT2D eigenvalue weighted by atomic mass is 32.1. The van der Waals surface area contributed by atoms with Crippen molar-refractivity contribution in [1.82, 2.24) is 9.47 Å². The van der Waals surface area contributed by atoms with Crippen LogP contribution in [-0.2, 0) is 6.54 Å². The van der Waals surface area contributed by atoms with Gasteiger partial charge in [0.15, 0.2) is 0 Å². The van der Waals surface area contributed by atoms with E-state index in [1.807, 2.05) is 39.9 Å². The fourth-order valence-electron chi connectivity index (χ4n) is 3.14. The highest BCUT2D eigenvalue weighted by Gasteiger charge is 2.32. The van der Waals surface area contributed by atoms with E-state index in [-0.39, 0.29) is 11.9 Å². The molecular formula is C18H16N2OS. The Balaban J connectivity index is 1.79. The van der Waals surface area contributed by atoms with Crippen LogP contribution in [0.5, 0.6) is 0 Å². The Hall–Kier alpha value is -2.33. The van der Waals surface area contributed by atoms with E-state index in [0.29, 0.717) is 0 Å². The molecule has 1 atom stereocenters. The Morgan fingerprint density at radius 2 is 1.91 bits per heavy atom. The molecule has 0 aliphatic carbocycles. The molecule has 4 rings (SSSR count). The molecule has 3 aromatic rings. The van der Waals surface area contributed by atoms with Crippen LogP contribution < -0.4 is 0 Å². The first-order valence-electron chi connectivity index (χ1n) is 7.38. The van der Waals surface area contributed by atoms with Gasteiger partial charge in [-0.1, -0.05) is 30.3 Å². The molecule has 0 fully saturated rings. The van der Waals surface area contributed by atoms with Crippen molar-refractivity contribution >= 4 is 17.2 Å². The van der Waals surface area contributed by atoms with E-state index in [0.717, 1.165) is 24.2 Å². The molecule has 1 aliphatic heterocycles. The normalized spacial score (nSPS) is 17.3. The van der Waals surface area contributed by atoms with Crippen molar-refractivity contribution in [2.45, 2.75) is 12.6 Å². The fraction of sp³-hybridized carbons (Fsp3) is 0.167. The largest absolute Gasteiger partial charge is 0.348 e. The van der Waals surface area contributed by atoms with E-state index >= 15 is 0 Å². The van der Waals surface area contributed by atoms with E-state index in [2.05, 4.69) is 35.0 Å². The molecule has 0 spiro atoms. The van der Waals surface area contributed by atoms with Gasteiger partial charge in [0, 0.05) is 30.4 Å². The maximum Gasteiger partial charge on any atom is 0.255 e. The highest BCUT2D eigenvalue weighted by Crippen LogP contribution is 2.33. The van der Waals surface area contributed by atoms with Crippen LogP contribution in [0.15, 0.2) is 65.5 Å². The van der Waals surface area contributed by atoms with Crippen molar-refractivity contribution in [3.8, 4) is 0 Å². The molecule has 1 aromatic carbocycles. The number of hydrogen-bond donors (Lipinski definition) is 0. The van der Waals surface area contributed by atoms with Crippen LogP contribution in [0.25, 0.3) is 0 Å². The minimum absolute atomic E-state index is 0.0163. The minimum Gasteiger partial charge on any atom is -0.348 e. The molecule has 3 nitrogen and oxygen atoms in total. The second-order valence-electron chi connectivity index (χ2n) is 5.45. The van der Waals surface area contributed by atoms with E-state index in [1.165, 1.54) is 5.69 Å². The van der Waals surface area contributed by atoms with Crippen molar-refractivity contribution in [3.63, 3.8) is 0 Å². The average molecular weight is 308 g/mol. The van der Waals surface area contributed by atoms with Crippen molar-refractivity contribution in [2.24, 2.45) is 0 Å². The molecule has 0 N–H and O–H groups in total. The molecule has 4 heteroatoms. The first-order chi connectivity index (χ1) is 10.8. The molecule has 1 amide bonds. The van der Waals surface area contributed by atoms with Crippen LogP contribution in [-0.4, -0.2) is 21.9 Å². The first kappa shape index (κ1) is 13.3. The van der Waals surface area contributed by atoms with E-state index in [4.69, 9.17) is 0 Å². The maximum atomic E-state index is 12.9. The summed E-state index contributed by atoms with van der Waals surface area (Å²) in [5.74, 6) is 0.113. The molecular weight excluding hydrogens is 292 g/mol. The molecule has 1 unspecified atom stereocenters. The summed E-state index contributed by atoms with van der Waals surface area (Å²) in [6, 6.07) is 16.3. The zero-order valence-corrected chi connectivity index (χ0v) is 12.9. The molecule has 3 heterocycles. The molecule has 22 heavy (non-hydrogen) atoms. The van der Waals surface area contributed by atoms with Crippen molar-refractivity contribution in [1.29, 1.82) is 0 Å². The zero-order valence-electron chi connectivity index (χ0n) is 12.1. The molecule has 110 valence electrons. The van der Waals surface area contributed by atoms with Gasteiger partial charge < -0.3 is 9.47 Å². The van der Waals surface area contributed by atoms with Crippen molar-refractivity contribution in [2.75, 3.05) is 6.54 Å². The summed E-state index contributed by atoms with van der Waals surface area (Å²) in [5.41, 5.74) is 3.12. The molecule has 2 aromatic heterocycles. The Kier molecular flexibility index (Phi) is 3.31. The highest BCUT2D eigenvalue weighted by molar-refractivity contribution is 7.08. The quantitative estimate of drug-likeness (QED) is 0.707. The molecule has 0 saturated carbocycles. The SMILES string of the molecule is O=C(c1ccsc1)N1CCn2cccc2C1c1ccccc1. The van der Waals surface area contributed by atoms with Crippen LogP contribution >= 0.6 is 11.3 Å². The third kappa shape index (κ3) is 2.16. The number of benzene rings is 1. The number of carbonyl (C=O) groups excluding carboxylic acids is 1. The van der Waals surface area contributed by atoms with Crippen molar-refractivity contribution in [3.05, 3.63) is 82.3 Å². The molecule has 0 saturated heterocycles. The summed E-state index contributed by atoms with van der Waals surface area (Å²) in [6.07, 6.45) is 2.09. The van der Waals surface area contributed by atoms with Gasteiger partial charge in [-0.25, -0.2) is 0 Å². The molecule has 0 bridgehead atoms. The standard InChI is InChI=1S/C18H16N2OS/c21-18(15-8-12-22-13-15)20-11-10-19-9-4-7-16(19)17(20)14-5-2-1-3-6-14/h1-9,12-13,17H,10-11H2. The number of amides is 1. The average Bonchev–Trinajstić information content (AvgIpc) is 3.25. The lowest BCUT2D eigenvalue weighted by atomic mass is 9.99. The second-order valence-corrected chi connectivity index (χ2v) is 6.23. The van der Waals surface area contributed by atoms with E-state index < -0.39 is 0 Å². The summed E-state index contributed by atoms with van der Waals surface area (Å²) in [7, 11) is 0. The summed E-state index contributed by atoms with van der Waals surface area (Å²) in [6.45, 7) is 1.58. The van der Waals surface area contributed by atoms with Gasteiger partial charge in [0.05, 0.1) is 11.6 Å². The van der Waals surface area contributed by atoms with E-state index in [9.17, 15) is 4.79 Å². The van der Waals surface area contributed by atoms with Crippen LogP contribution in [0.1, 0.15) is 27.7 Å². The van der Waals surface area contributed by atoms with Gasteiger partial charge in [-0.15, -0.1) is 0 Å². The summed E-state index contributed by atoms with van der Waals surface area (Å²) >= 11 is 1.56. The number of thiophene rings is 1. The lowest BCUT2D eigenvalue weighted by Gasteiger charge is -2.37. The van der Waals surface area contributed by atoms with E-state index in [1.54, 1.807) is 11.3 Å². The number of rotatable bonds is 2. The summed E-state index contributed by atoms with van der Waals surface area (Å²) in [4.78, 5) is 14.9. The van der Waals surface area contributed by atoms with Gasteiger partial charge in [-0.2, -0.15) is 11.3 Å². The fourth-order valence-corrected chi connectivity index (χ4v) is 3.77. The van der Waals surface area contributed by atoms with Crippen LogP contribution in [0.3, 0.4) is 0 Å². The van der Waals surface area contributed by atoms with Crippen molar-refractivity contribution < 1.29 is 4.79 Å². The van der Waals surface area contributed by atoms with Gasteiger partial charge >= 0.3 is 0 Å². The summed E-state index contributed by atoms with van der Waals surface area (Å²) in [5, 5.41) is 3.88. The Bertz CT molecular complexity index is 777. The minimum atomic E-state index is -0.0163. The second kappa shape index (κ2) is 5.46. The van der Waals surface area contributed by atoms with Gasteiger partial charge in [0.25, 0.3) is 5.91 Å².